The van der Waals surface area contributed by atoms with Crippen molar-refractivity contribution in [3.63, 3.8) is 0 Å². The van der Waals surface area contributed by atoms with E-state index in [1.807, 2.05) is 43.5 Å². The zero-order valence-corrected chi connectivity index (χ0v) is 16.5. The van der Waals surface area contributed by atoms with Crippen LogP contribution < -0.4 is 19.7 Å². The summed E-state index contributed by atoms with van der Waals surface area (Å²) in [6.07, 6.45) is 6.90. The van der Waals surface area contributed by atoms with Gasteiger partial charge in [0.25, 0.3) is 5.91 Å². The maximum Gasteiger partial charge on any atom is 0.258 e. The summed E-state index contributed by atoms with van der Waals surface area (Å²) in [4.78, 5) is 19.0. The van der Waals surface area contributed by atoms with Crippen molar-refractivity contribution in [3.8, 4) is 11.5 Å². The summed E-state index contributed by atoms with van der Waals surface area (Å²) in [5.41, 5.74) is 0.974. The van der Waals surface area contributed by atoms with E-state index >= 15 is 0 Å². The fraction of sp³-hybridized carbons (Fsp3) is 0.455. The molecule has 0 bridgehead atoms. The molecule has 2 heterocycles. The molecule has 1 amide bonds. The van der Waals surface area contributed by atoms with Crippen molar-refractivity contribution < 1.29 is 14.3 Å². The molecule has 0 atom stereocenters. The molecule has 1 fully saturated rings. The molecule has 1 aromatic carbocycles. The van der Waals surface area contributed by atoms with Crippen molar-refractivity contribution in [2.75, 3.05) is 31.2 Å². The normalized spacial score (nSPS) is 14.2. The van der Waals surface area contributed by atoms with Gasteiger partial charge in [0.15, 0.2) is 18.1 Å². The highest BCUT2D eigenvalue weighted by molar-refractivity contribution is 5.77. The first kappa shape index (κ1) is 20.0. The van der Waals surface area contributed by atoms with Crippen LogP contribution in [0.5, 0.6) is 11.5 Å². The predicted molar refractivity (Wildman–Crippen MR) is 110 cm³/mol. The number of carbonyl (C=O) groups excluding carboxylic acids is 1. The van der Waals surface area contributed by atoms with Crippen LogP contribution in [0, 0.1) is 0 Å². The molecule has 0 radical (unpaired) electrons. The summed E-state index contributed by atoms with van der Waals surface area (Å²) in [5.74, 6) is 2.06. The highest BCUT2D eigenvalue weighted by Crippen LogP contribution is 2.26. The number of ether oxygens (including phenoxy) is 2. The first-order chi connectivity index (χ1) is 13.8. The van der Waals surface area contributed by atoms with Crippen molar-refractivity contribution in [3.05, 3.63) is 48.2 Å². The highest BCUT2D eigenvalue weighted by atomic mass is 16.5. The van der Waals surface area contributed by atoms with Crippen LogP contribution in [0.15, 0.2) is 42.6 Å². The summed E-state index contributed by atoms with van der Waals surface area (Å²) in [6.45, 7) is 4.99. The number of hydrogen-bond donors (Lipinski definition) is 1. The maximum absolute atomic E-state index is 12.1. The van der Waals surface area contributed by atoms with Gasteiger partial charge in [-0.15, -0.1) is 0 Å². The number of aromatic nitrogens is 1. The second-order valence-electron chi connectivity index (χ2n) is 6.87. The minimum Gasteiger partial charge on any atom is -0.490 e. The molecule has 1 aromatic heterocycles. The Bertz CT molecular complexity index is 741. The number of hydrogen-bond acceptors (Lipinski definition) is 5. The topological polar surface area (TPSA) is 63.7 Å². The van der Waals surface area contributed by atoms with Gasteiger partial charge in [-0.1, -0.05) is 31.0 Å². The van der Waals surface area contributed by atoms with E-state index < -0.39 is 0 Å². The van der Waals surface area contributed by atoms with Crippen LogP contribution in [0.1, 0.15) is 38.2 Å². The van der Waals surface area contributed by atoms with E-state index in [0.29, 0.717) is 24.7 Å². The highest BCUT2D eigenvalue weighted by Gasteiger charge is 2.11. The van der Waals surface area contributed by atoms with Crippen LogP contribution in [0.3, 0.4) is 0 Å². The molecule has 1 N–H and O–H groups in total. The van der Waals surface area contributed by atoms with Gasteiger partial charge in [0, 0.05) is 25.8 Å². The SMILES string of the molecule is CCOc1ccccc1OCC(=O)NCc1ccc(N2CCCCCC2)nc1. The number of pyridine rings is 1. The molecule has 1 saturated heterocycles. The van der Waals surface area contributed by atoms with Gasteiger partial charge >= 0.3 is 0 Å². The summed E-state index contributed by atoms with van der Waals surface area (Å²) in [6, 6.07) is 11.4. The Morgan fingerprint density at radius 2 is 1.75 bits per heavy atom. The first-order valence-corrected chi connectivity index (χ1v) is 10.1. The van der Waals surface area contributed by atoms with Gasteiger partial charge < -0.3 is 19.7 Å². The van der Waals surface area contributed by atoms with Crippen molar-refractivity contribution in [1.29, 1.82) is 0 Å². The molecule has 2 aromatic rings. The molecule has 0 saturated carbocycles. The first-order valence-electron chi connectivity index (χ1n) is 10.1. The van der Waals surface area contributed by atoms with Crippen LogP contribution in [0.2, 0.25) is 0 Å². The molecular formula is C22H29N3O3. The Hall–Kier alpha value is -2.76. The lowest BCUT2D eigenvalue weighted by Gasteiger charge is -2.21. The van der Waals surface area contributed by atoms with Crippen LogP contribution in [-0.4, -0.2) is 37.2 Å². The fourth-order valence-corrected chi connectivity index (χ4v) is 3.25. The van der Waals surface area contributed by atoms with E-state index in [2.05, 4.69) is 15.2 Å². The van der Waals surface area contributed by atoms with Crippen molar-refractivity contribution in [1.82, 2.24) is 10.3 Å². The number of anilines is 1. The van der Waals surface area contributed by atoms with E-state index in [0.717, 1.165) is 24.5 Å². The monoisotopic (exact) mass is 383 g/mol. The van der Waals surface area contributed by atoms with Gasteiger partial charge in [-0.2, -0.15) is 0 Å². The van der Waals surface area contributed by atoms with Crippen LogP contribution in [0.25, 0.3) is 0 Å². The van der Waals surface area contributed by atoms with Gasteiger partial charge in [0.05, 0.1) is 6.61 Å². The van der Waals surface area contributed by atoms with E-state index in [9.17, 15) is 4.79 Å². The lowest BCUT2D eigenvalue weighted by atomic mass is 10.2. The number of carbonyl (C=O) groups is 1. The Kier molecular flexibility index (Phi) is 7.53. The third-order valence-corrected chi connectivity index (χ3v) is 4.74. The third kappa shape index (κ3) is 5.87. The van der Waals surface area contributed by atoms with E-state index in [1.54, 1.807) is 6.07 Å². The smallest absolute Gasteiger partial charge is 0.258 e. The lowest BCUT2D eigenvalue weighted by molar-refractivity contribution is -0.123. The summed E-state index contributed by atoms with van der Waals surface area (Å²) < 4.78 is 11.1. The predicted octanol–water partition coefficient (Wildman–Crippen LogP) is 3.56. The molecule has 28 heavy (non-hydrogen) atoms. The molecule has 1 aliphatic heterocycles. The van der Waals surface area contributed by atoms with E-state index in [1.165, 1.54) is 25.7 Å². The Labute approximate surface area is 166 Å². The molecule has 3 rings (SSSR count). The van der Waals surface area contributed by atoms with Gasteiger partial charge in [-0.3, -0.25) is 4.79 Å². The zero-order valence-electron chi connectivity index (χ0n) is 16.5. The quantitative estimate of drug-likeness (QED) is 0.755. The average Bonchev–Trinajstić information content (AvgIpc) is 3.02. The number of nitrogens with one attached hydrogen (secondary N) is 1. The number of rotatable bonds is 8. The molecule has 0 aliphatic carbocycles. The van der Waals surface area contributed by atoms with Crippen molar-refractivity contribution >= 4 is 11.7 Å². The number of amides is 1. The minimum absolute atomic E-state index is 0.0522. The van der Waals surface area contributed by atoms with Crippen LogP contribution in [0.4, 0.5) is 5.82 Å². The summed E-state index contributed by atoms with van der Waals surface area (Å²) >= 11 is 0. The summed E-state index contributed by atoms with van der Waals surface area (Å²) in [5, 5.41) is 2.87. The van der Waals surface area contributed by atoms with Gasteiger partial charge in [-0.05, 0) is 43.5 Å². The standard InChI is InChI=1S/C22H29N3O3/c1-2-27-19-9-5-6-10-20(19)28-17-22(26)24-16-18-11-12-21(23-15-18)25-13-7-3-4-8-14-25/h5-6,9-12,15H,2-4,7-8,13-14,16-17H2,1H3,(H,24,26). The zero-order chi connectivity index (χ0) is 19.6. The van der Waals surface area contributed by atoms with Gasteiger partial charge in [0.1, 0.15) is 5.82 Å². The number of nitrogens with zero attached hydrogens (tertiary/aromatic N) is 2. The average molecular weight is 383 g/mol. The summed E-state index contributed by atoms with van der Waals surface area (Å²) in [7, 11) is 0. The van der Waals surface area contributed by atoms with E-state index in [4.69, 9.17) is 9.47 Å². The molecule has 6 nitrogen and oxygen atoms in total. The Morgan fingerprint density at radius 1 is 1.04 bits per heavy atom. The number of para-hydroxylation sites is 2. The second kappa shape index (κ2) is 10.5. The minimum atomic E-state index is -0.178. The maximum atomic E-state index is 12.1. The van der Waals surface area contributed by atoms with Crippen molar-refractivity contribution in [2.45, 2.75) is 39.2 Å². The molecular weight excluding hydrogens is 354 g/mol. The van der Waals surface area contributed by atoms with Crippen LogP contribution in [-0.2, 0) is 11.3 Å². The largest absolute Gasteiger partial charge is 0.490 e. The Morgan fingerprint density at radius 3 is 2.39 bits per heavy atom. The molecule has 150 valence electrons. The Balaban J connectivity index is 1.45. The van der Waals surface area contributed by atoms with Gasteiger partial charge in [-0.25, -0.2) is 4.98 Å². The molecule has 0 unspecified atom stereocenters. The lowest BCUT2D eigenvalue weighted by Crippen LogP contribution is -2.28. The molecule has 0 spiro atoms. The second-order valence-corrected chi connectivity index (χ2v) is 6.87. The molecule has 6 heteroatoms. The fourth-order valence-electron chi connectivity index (χ4n) is 3.25. The van der Waals surface area contributed by atoms with Crippen LogP contribution >= 0.6 is 0 Å². The third-order valence-electron chi connectivity index (χ3n) is 4.74. The van der Waals surface area contributed by atoms with E-state index in [-0.39, 0.29) is 12.5 Å². The van der Waals surface area contributed by atoms with Crippen molar-refractivity contribution in [2.24, 2.45) is 0 Å². The van der Waals surface area contributed by atoms with Gasteiger partial charge in [0.2, 0.25) is 0 Å². The number of benzene rings is 1. The molecule has 1 aliphatic rings.